The summed E-state index contributed by atoms with van der Waals surface area (Å²) in [5, 5.41) is 13.0. The Kier molecular flexibility index (Phi) is 5.59. The maximum Gasteiger partial charge on any atom is 0.0768 e. The molecule has 4 heteroatoms. The molecule has 0 aromatic carbocycles. The summed E-state index contributed by atoms with van der Waals surface area (Å²) in [5.41, 5.74) is -0.650. The van der Waals surface area contributed by atoms with E-state index in [4.69, 9.17) is 4.74 Å². The summed E-state index contributed by atoms with van der Waals surface area (Å²) < 4.78 is 5.67. The van der Waals surface area contributed by atoms with Crippen LogP contribution in [0.5, 0.6) is 0 Å². The molecule has 0 aromatic rings. The van der Waals surface area contributed by atoms with Crippen molar-refractivity contribution >= 4 is 0 Å². The van der Waals surface area contributed by atoms with E-state index in [0.29, 0.717) is 30.8 Å². The third-order valence-corrected chi connectivity index (χ3v) is 3.72. The van der Waals surface area contributed by atoms with Gasteiger partial charge in [0.2, 0.25) is 0 Å². The predicted molar refractivity (Wildman–Crippen MR) is 74.8 cm³/mol. The van der Waals surface area contributed by atoms with Crippen molar-refractivity contribution in [3.05, 3.63) is 0 Å². The topological polar surface area (TPSA) is 44.7 Å². The molecule has 1 aliphatic heterocycles. The lowest BCUT2D eigenvalue weighted by molar-refractivity contribution is -0.140. The van der Waals surface area contributed by atoms with Crippen LogP contribution >= 0.6 is 0 Å². The van der Waals surface area contributed by atoms with Gasteiger partial charge in [-0.15, -0.1) is 0 Å². The highest BCUT2D eigenvalue weighted by Gasteiger charge is 2.36. The van der Waals surface area contributed by atoms with E-state index in [-0.39, 0.29) is 0 Å². The molecule has 0 spiro atoms. The van der Waals surface area contributed by atoms with Crippen LogP contribution in [0.1, 0.15) is 41.0 Å². The standard InChI is InChI=1S/C14H30N2O2/c1-10(2)16(6)12-8-18-13(12)7-11(3)15-9-14(4,5)17/h10-13,15,17H,7-9H2,1-6H3. The van der Waals surface area contributed by atoms with E-state index in [1.54, 1.807) is 0 Å². The summed E-state index contributed by atoms with van der Waals surface area (Å²) in [5.74, 6) is 0. The third-order valence-electron chi connectivity index (χ3n) is 3.72. The zero-order chi connectivity index (χ0) is 13.9. The zero-order valence-corrected chi connectivity index (χ0v) is 12.7. The average molecular weight is 258 g/mol. The van der Waals surface area contributed by atoms with Crippen LogP contribution in [0, 0.1) is 0 Å². The van der Waals surface area contributed by atoms with E-state index >= 15 is 0 Å². The lowest BCUT2D eigenvalue weighted by atomic mass is 9.97. The molecule has 0 aliphatic carbocycles. The number of nitrogens with zero attached hydrogens (tertiary/aromatic N) is 1. The number of nitrogens with one attached hydrogen (secondary N) is 1. The zero-order valence-electron chi connectivity index (χ0n) is 12.7. The second-order valence-corrected chi connectivity index (χ2v) is 6.53. The summed E-state index contributed by atoms with van der Waals surface area (Å²) in [6.45, 7) is 11.7. The SMILES string of the molecule is CC(CC1OCC1N(C)C(C)C)NCC(C)(C)O. The first-order valence-corrected chi connectivity index (χ1v) is 7.00. The van der Waals surface area contributed by atoms with E-state index in [2.05, 4.69) is 38.0 Å². The number of likely N-dealkylation sites (N-methyl/N-ethyl adjacent to an activating group) is 1. The minimum atomic E-state index is -0.650. The maximum atomic E-state index is 9.68. The summed E-state index contributed by atoms with van der Waals surface area (Å²) in [4.78, 5) is 2.39. The highest BCUT2D eigenvalue weighted by Crippen LogP contribution is 2.23. The van der Waals surface area contributed by atoms with Gasteiger partial charge in [-0.05, 0) is 48.1 Å². The molecule has 1 saturated heterocycles. The number of aliphatic hydroxyl groups is 1. The van der Waals surface area contributed by atoms with Gasteiger partial charge < -0.3 is 15.2 Å². The van der Waals surface area contributed by atoms with Gasteiger partial charge >= 0.3 is 0 Å². The van der Waals surface area contributed by atoms with Crippen LogP contribution in [-0.2, 0) is 4.74 Å². The summed E-state index contributed by atoms with van der Waals surface area (Å²) in [6, 6.07) is 1.46. The summed E-state index contributed by atoms with van der Waals surface area (Å²) in [7, 11) is 2.17. The summed E-state index contributed by atoms with van der Waals surface area (Å²) in [6.07, 6.45) is 1.32. The quantitative estimate of drug-likeness (QED) is 0.721. The highest BCUT2D eigenvalue weighted by atomic mass is 16.5. The van der Waals surface area contributed by atoms with E-state index in [1.165, 1.54) is 0 Å². The first-order chi connectivity index (χ1) is 8.20. The van der Waals surface area contributed by atoms with E-state index in [1.807, 2.05) is 13.8 Å². The minimum absolute atomic E-state index is 0.321. The fourth-order valence-corrected chi connectivity index (χ4v) is 2.16. The van der Waals surface area contributed by atoms with Crippen molar-refractivity contribution in [3.8, 4) is 0 Å². The van der Waals surface area contributed by atoms with Crippen LogP contribution in [0.4, 0.5) is 0 Å². The van der Waals surface area contributed by atoms with Crippen molar-refractivity contribution in [1.82, 2.24) is 10.2 Å². The Morgan fingerprint density at radius 3 is 2.39 bits per heavy atom. The lowest BCUT2D eigenvalue weighted by Crippen LogP contribution is -2.58. The number of ether oxygens (including phenoxy) is 1. The fourth-order valence-electron chi connectivity index (χ4n) is 2.16. The van der Waals surface area contributed by atoms with Crippen LogP contribution < -0.4 is 5.32 Å². The number of rotatable bonds is 7. The summed E-state index contributed by atoms with van der Waals surface area (Å²) >= 11 is 0. The Balaban J connectivity index is 2.30. The van der Waals surface area contributed by atoms with Gasteiger partial charge in [-0.25, -0.2) is 0 Å². The van der Waals surface area contributed by atoms with E-state index in [0.717, 1.165) is 13.0 Å². The smallest absolute Gasteiger partial charge is 0.0768 e. The molecule has 0 saturated carbocycles. The molecular formula is C14H30N2O2. The van der Waals surface area contributed by atoms with Gasteiger partial charge in [-0.2, -0.15) is 0 Å². The molecule has 1 heterocycles. The molecule has 18 heavy (non-hydrogen) atoms. The third kappa shape index (κ3) is 4.84. The monoisotopic (exact) mass is 258 g/mol. The molecule has 108 valence electrons. The molecule has 0 bridgehead atoms. The molecule has 3 atom stereocenters. The Labute approximate surface area is 112 Å². The second-order valence-electron chi connectivity index (χ2n) is 6.53. The molecule has 2 N–H and O–H groups in total. The lowest BCUT2D eigenvalue weighted by Gasteiger charge is -2.45. The van der Waals surface area contributed by atoms with Crippen LogP contribution in [-0.4, -0.2) is 60.0 Å². The van der Waals surface area contributed by atoms with Gasteiger partial charge in [0, 0.05) is 18.6 Å². The largest absolute Gasteiger partial charge is 0.389 e. The normalized spacial score (nSPS) is 26.5. The Bertz CT molecular complexity index is 251. The van der Waals surface area contributed by atoms with Crippen LogP contribution in [0.15, 0.2) is 0 Å². The first kappa shape index (κ1) is 15.9. The van der Waals surface area contributed by atoms with Crippen molar-refractivity contribution in [3.63, 3.8) is 0 Å². The maximum absolute atomic E-state index is 9.68. The highest BCUT2D eigenvalue weighted by molar-refractivity contribution is 4.90. The molecule has 0 aromatic heterocycles. The van der Waals surface area contributed by atoms with Crippen LogP contribution in [0.3, 0.4) is 0 Å². The van der Waals surface area contributed by atoms with Crippen molar-refractivity contribution in [2.75, 3.05) is 20.2 Å². The van der Waals surface area contributed by atoms with Crippen molar-refractivity contribution < 1.29 is 9.84 Å². The van der Waals surface area contributed by atoms with E-state index < -0.39 is 5.60 Å². The molecule has 1 aliphatic rings. The van der Waals surface area contributed by atoms with Gasteiger partial charge in [-0.1, -0.05) is 0 Å². The fraction of sp³-hybridized carbons (Fsp3) is 1.00. The van der Waals surface area contributed by atoms with Gasteiger partial charge in [0.1, 0.15) is 0 Å². The van der Waals surface area contributed by atoms with E-state index in [9.17, 15) is 5.11 Å². The molecule has 3 unspecified atom stereocenters. The molecule has 1 rings (SSSR count). The van der Waals surface area contributed by atoms with Gasteiger partial charge in [0.05, 0.1) is 24.4 Å². The molecular weight excluding hydrogens is 228 g/mol. The Morgan fingerprint density at radius 2 is 2.00 bits per heavy atom. The van der Waals surface area contributed by atoms with Crippen molar-refractivity contribution in [2.45, 2.75) is 70.9 Å². The second kappa shape index (κ2) is 6.33. The molecule has 0 amide bonds. The molecule has 1 fully saturated rings. The van der Waals surface area contributed by atoms with Gasteiger partial charge in [-0.3, -0.25) is 4.90 Å². The van der Waals surface area contributed by atoms with Crippen LogP contribution in [0.2, 0.25) is 0 Å². The predicted octanol–water partition coefficient (Wildman–Crippen LogP) is 1.23. The first-order valence-electron chi connectivity index (χ1n) is 7.00. The van der Waals surface area contributed by atoms with Gasteiger partial charge in [0.15, 0.2) is 0 Å². The number of hydrogen-bond donors (Lipinski definition) is 2. The van der Waals surface area contributed by atoms with Crippen molar-refractivity contribution in [1.29, 1.82) is 0 Å². The minimum Gasteiger partial charge on any atom is -0.389 e. The Morgan fingerprint density at radius 1 is 1.39 bits per heavy atom. The van der Waals surface area contributed by atoms with Crippen LogP contribution in [0.25, 0.3) is 0 Å². The average Bonchev–Trinajstić information content (AvgIpc) is 2.20. The molecule has 4 nitrogen and oxygen atoms in total. The van der Waals surface area contributed by atoms with Crippen molar-refractivity contribution in [2.24, 2.45) is 0 Å². The molecule has 0 radical (unpaired) electrons. The van der Waals surface area contributed by atoms with Gasteiger partial charge in [0.25, 0.3) is 0 Å². The Hall–Kier alpha value is -0.160. The number of hydrogen-bond acceptors (Lipinski definition) is 4.